The maximum absolute atomic E-state index is 14.0. The van der Waals surface area contributed by atoms with Gasteiger partial charge < -0.3 is 31.9 Å². The molecule has 0 unspecified atom stereocenters. The number of aromatic nitrogens is 6. The highest BCUT2D eigenvalue weighted by atomic mass is 35.5. The fourth-order valence-electron chi connectivity index (χ4n) is 14.2. The van der Waals surface area contributed by atoms with Crippen LogP contribution in [-0.4, -0.2) is 114 Å². The third-order valence-corrected chi connectivity index (χ3v) is 19.2. The molecule has 4 aliphatic carbocycles. The van der Waals surface area contributed by atoms with E-state index in [1.807, 2.05) is 70.5 Å². The highest BCUT2D eigenvalue weighted by molar-refractivity contribution is 6.30. The van der Waals surface area contributed by atoms with Crippen LogP contribution in [-0.2, 0) is 35.5 Å². The van der Waals surface area contributed by atoms with Gasteiger partial charge in [0.15, 0.2) is 0 Å². The molecular weight excluding hydrogens is 968 g/mol. The van der Waals surface area contributed by atoms with Gasteiger partial charge in [0.1, 0.15) is 25.3 Å². The van der Waals surface area contributed by atoms with E-state index >= 15 is 0 Å². The molecule has 2 atom stereocenters. The van der Waals surface area contributed by atoms with Gasteiger partial charge in [0, 0.05) is 73.5 Å². The van der Waals surface area contributed by atoms with E-state index in [0.29, 0.717) is 48.8 Å². The molecule has 2 saturated heterocycles. The molecule has 4 heterocycles. The van der Waals surface area contributed by atoms with Crippen LogP contribution >= 0.6 is 23.2 Å². The summed E-state index contributed by atoms with van der Waals surface area (Å²) in [5.41, 5.74) is 15.0. The summed E-state index contributed by atoms with van der Waals surface area (Å²) < 4.78 is 4.04. The molecule has 2 amide bonds. The van der Waals surface area contributed by atoms with Crippen molar-refractivity contribution in [2.75, 3.05) is 26.2 Å². The molecule has 2 aromatic heterocycles. The summed E-state index contributed by atoms with van der Waals surface area (Å²) in [7, 11) is 0. The predicted molar refractivity (Wildman–Crippen MR) is 294 cm³/mol. The Balaban J connectivity index is 0.000000182. The molecule has 14 nitrogen and oxygen atoms in total. The summed E-state index contributed by atoms with van der Waals surface area (Å²) in [5, 5.41) is 17.9. The first-order chi connectivity index (χ1) is 36.0. The van der Waals surface area contributed by atoms with Crippen LogP contribution < -0.4 is 22.1 Å². The molecule has 74 heavy (non-hydrogen) atoms. The van der Waals surface area contributed by atoms with Crippen LogP contribution in [0.3, 0.4) is 0 Å². The smallest absolute Gasteiger partial charge is 0.240 e. The largest absolute Gasteiger partial charge is 0.341 e. The second kappa shape index (κ2) is 26.4. The fourth-order valence-corrected chi connectivity index (χ4v) is 14.4. The van der Waals surface area contributed by atoms with E-state index in [-0.39, 0.29) is 34.7 Å². The van der Waals surface area contributed by atoms with Crippen LogP contribution in [0.5, 0.6) is 0 Å². The van der Waals surface area contributed by atoms with Gasteiger partial charge in [-0.05, 0) is 174 Å². The highest BCUT2D eigenvalue weighted by Gasteiger charge is 2.46. The van der Waals surface area contributed by atoms with Gasteiger partial charge in [0.25, 0.3) is 0 Å². The van der Waals surface area contributed by atoms with E-state index < -0.39 is 0 Å². The number of hydrogen-bond donors (Lipinski definition) is 4. The van der Waals surface area contributed by atoms with Crippen molar-refractivity contribution in [3.05, 3.63) is 95.0 Å². The van der Waals surface area contributed by atoms with Gasteiger partial charge in [-0.15, -0.1) is 0 Å². The van der Waals surface area contributed by atoms with Crippen LogP contribution in [0, 0.1) is 22.7 Å². The van der Waals surface area contributed by atoms with Gasteiger partial charge in [-0.2, -0.15) is 10.2 Å². The second-order valence-electron chi connectivity index (χ2n) is 23.6. The summed E-state index contributed by atoms with van der Waals surface area (Å²) >= 11 is 12.3. The van der Waals surface area contributed by atoms with E-state index in [1.165, 1.54) is 64.2 Å². The average Bonchev–Trinajstić information content (AvgIpc) is 4.16. The maximum atomic E-state index is 14.0. The molecule has 0 radical (unpaired) electrons. The lowest BCUT2D eigenvalue weighted by molar-refractivity contribution is -0.138. The normalized spacial score (nSPS) is 25.6. The number of piperidine rings is 2. The number of carbonyl (C=O) groups is 2. The summed E-state index contributed by atoms with van der Waals surface area (Å²) in [5.74, 6) is 1.89. The molecule has 0 bridgehead atoms. The van der Waals surface area contributed by atoms with Crippen molar-refractivity contribution in [2.45, 2.75) is 203 Å². The summed E-state index contributed by atoms with van der Waals surface area (Å²) in [6.07, 6.45) is 33.9. The molecule has 404 valence electrons. The van der Waals surface area contributed by atoms with E-state index in [4.69, 9.17) is 34.7 Å². The van der Waals surface area contributed by atoms with Crippen LogP contribution in [0.1, 0.15) is 152 Å². The molecule has 6 N–H and O–H groups in total. The summed E-state index contributed by atoms with van der Waals surface area (Å²) in [6, 6.07) is 16.7. The molecule has 6 fully saturated rings. The number of nitrogens with one attached hydrogen (secondary N) is 2. The number of halogens is 2. The minimum absolute atomic E-state index is 0.198. The molecule has 16 heteroatoms. The fraction of sp³-hybridized carbons (Fsp3) is 0.690. The Morgan fingerprint density at radius 1 is 0.527 bits per heavy atom. The Kier molecular flexibility index (Phi) is 19.6. The van der Waals surface area contributed by atoms with Crippen LogP contribution in [0.15, 0.2) is 73.8 Å². The third kappa shape index (κ3) is 14.8. The molecular formula is C58H86Cl2N12O2. The van der Waals surface area contributed by atoms with E-state index in [0.717, 1.165) is 137 Å². The zero-order valence-corrected chi connectivity index (χ0v) is 45.6. The Bertz CT molecular complexity index is 2110. The summed E-state index contributed by atoms with van der Waals surface area (Å²) in [4.78, 5) is 40.7. The lowest BCUT2D eigenvalue weighted by atomic mass is 9.63. The van der Waals surface area contributed by atoms with E-state index in [1.54, 1.807) is 12.7 Å². The van der Waals surface area contributed by atoms with Crippen molar-refractivity contribution in [3.8, 4) is 0 Å². The topological polar surface area (TPSA) is 178 Å². The molecule has 0 spiro atoms. The maximum Gasteiger partial charge on any atom is 0.240 e. The van der Waals surface area contributed by atoms with Crippen molar-refractivity contribution in [1.82, 2.24) is 50.0 Å². The van der Waals surface area contributed by atoms with Gasteiger partial charge in [-0.1, -0.05) is 86.0 Å². The number of carbonyl (C=O) groups excluding carboxylic acids is 2. The number of benzene rings is 2. The van der Waals surface area contributed by atoms with Crippen molar-refractivity contribution < 1.29 is 9.59 Å². The van der Waals surface area contributed by atoms with Gasteiger partial charge in [0.2, 0.25) is 11.8 Å². The Labute approximate surface area is 451 Å². The van der Waals surface area contributed by atoms with Crippen LogP contribution in [0.25, 0.3) is 0 Å². The van der Waals surface area contributed by atoms with Crippen molar-refractivity contribution in [3.63, 3.8) is 0 Å². The quantitative estimate of drug-likeness (QED) is 0.0846. The SMILES string of the molecule is N[C@H]1CC[C@@H](N[C@@H](Cc2ccc(Cl)cc2)C(=O)N2CCC(Cn3cncn3)(C3CCCCC3)CC2)CC1.N[C@H]1CC[C@H](N[C@@H](Cc2ccc(Cl)cc2)C(=O)N2CCC(Cn3cncn3)(C3CCCCC3)CC2)CC1. The van der Waals surface area contributed by atoms with Crippen molar-refractivity contribution in [2.24, 2.45) is 34.1 Å². The van der Waals surface area contributed by atoms with Gasteiger partial charge >= 0.3 is 0 Å². The zero-order chi connectivity index (χ0) is 51.3. The summed E-state index contributed by atoms with van der Waals surface area (Å²) in [6.45, 7) is 5.09. The monoisotopic (exact) mass is 1050 g/mol. The van der Waals surface area contributed by atoms with Crippen molar-refractivity contribution >= 4 is 35.0 Å². The van der Waals surface area contributed by atoms with E-state index in [2.05, 4.69) is 40.6 Å². The number of likely N-dealkylation sites (tertiary alicyclic amines) is 2. The van der Waals surface area contributed by atoms with Gasteiger partial charge in [0.05, 0.1) is 12.1 Å². The van der Waals surface area contributed by atoms with Crippen molar-refractivity contribution in [1.29, 1.82) is 0 Å². The molecule has 2 aromatic carbocycles. The first kappa shape index (κ1) is 54.9. The average molecular weight is 1050 g/mol. The highest BCUT2D eigenvalue weighted by Crippen LogP contribution is 2.48. The molecule has 4 saturated carbocycles. The minimum atomic E-state index is -0.224. The lowest BCUT2D eigenvalue weighted by Gasteiger charge is -2.48. The lowest BCUT2D eigenvalue weighted by Crippen LogP contribution is -2.55. The number of nitrogens with two attached hydrogens (primary N) is 2. The Morgan fingerprint density at radius 2 is 0.878 bits per heavy atom. The molecule has 10 rings (SSSR count). The second-order valence-corrected chi connectivity index (χ2v) is 24.4. The van der Waals surface area contributed by atoms with Crippen LogP contribution in [0.2, 0.25) is 10.0 Å². The Morgan fingerprint density at radius 3 is 1.20 bits per heavy atom. The number of hydrogen-bond acceptors (Lipinski definition) is 10. The molecule has 2 aliphatic heterocycles. The molecule has 4 aromatic rings. The zero-order valence-electron chi connectivity index (χ0n) is 44.1. The van der Waals surface area contributed by atoms with Gasteiger partial charge in [-0.25, -0.2) is 9.97 Å². The van der Waals surface area contributed by atoms with Gasteiger partial charge in [-0.3, -0.25) is 19.0 Å². The standard InChI is InChI=1S/2C29H43ClN6O/c2*30-24-8-6-22(7-9-24)18-27(34-26-12-10-25(31)11-13-26)28(37)35-16-14-29(15-17-35,19-36-21-32-20-33-36)23-4-2-1-3-5-23/h2*6-9,20-21,23,25-27,34H,1-5,10-19,31H2/t25-,26+,27-;25-,26-,27-/m00/s1. The number of nitrogens with zero attached hydrogens (tertiary/aromatic N) is 8. The predicted octanol–water partition coefficient (Wildman–Crippen LogP) is 9.18. The first-order valence-corrected chi connectivity index (χ1v) is 29.5. The van der Waals surface area contributed by atoms with E-state index in [9.17, 15) is 9.59 Å². The number of amides is 2. The minimum Gasteiger partial charge on any atom is -0.341 e. The van der Waals surface area contributed by atoms with Crippen LogP contribution in [0.4, 0.5) is 0 Å². The third-order valence-electron chi connectivity index (χ3n) is 18.7. The Hall–Kier alpha value is -3.92. The first-order valence-electron chi connectivity index (χ1n) is 28.8. The number of rotatable bonds is 16. The molecule has 6 aliphatic rings.